The fourth-order valence-corrected chi connectivity index (χ4v) is 4.39. The molecule has 0 fully saturated rings. The lowest BCUT2D eigenvalue weighted by atomic mass is 9.92. The highest BCUT2D eigenvalue weighted by molar-refractivity contribution is 7.98. The van der Waals surface area contributed by atoms with Crippen molar-refractivity contribution in [1.82, 2.24) is 0 Å². The van der Waals surface area contributed by atoms with Crippen LogP contribution in [-0.2, 0) is 12.2 Å². The molecular formula is C25H23F3OS. The molecule has 0 aromatic heterocycles. The monoisotopic (exact) mass is 428 g/mol. The van der Waals surface area contributed by atoms with Crippen LogP contribution in [0.5, 0.6) is 0 Å². The van der Waals surface area contributed by atoms with Crippen LogP contribution in [0.1, 0.15) is 53.2 Å². The summed E-state index contributed by atoms with van der Waals surface area (Å²) in [5.74, 6) is -3.72. The van der Waals surface area contributed by atoms with Crippen molar-refractivity contribution in [3.05, 3.63) is 100 Å². The molecule has 30 heavy (non-hydrogen) atoms. The molecule has 0 heterocycles. The highest BCUT2D eigenvalue weighted by Crippen LogP contribution is 2.30. The van der Waals surface area contributed by atoms with Gasteiger partial charge in [0.05, 0.1) is 0 Å². The third-order valence-corrected chi connectivity index (χ3v) is 6.24. The number of rotatable bonds is 8. The Balaban J connectivity index is 1.75. The van der Waals surface area contributed by atoms with Crippen molar-refractivity contribution >= 4 is 17.5 Å². The van der Waals surface area contributed by atoms with Gasteiger partial charge in [0.2, 0.25) is 0 Å². The Kier molecular flexibility index (Phi) is 7.38. The summed E-state index contributed by atoms with van der Waals surface area (Å²) in [7, 11) is 0. The molecule has 0 saturated heterocycles. The first-order valence-electron chi connectivity index (χ1n) is 9.86. The maximum absolute atomic E-state index is 13.5. The number of Topliss-reactive ketones (excluding diaryl/α,β-unsaturated/α-hetero) is 1. The van der Waals surface area contributed by atoms with E-state index in [1.54, 1.807) is 24.8 Å². The summed E-state index contributed by atoms with van der Waals surface area (Å²) in [5, 5.41) is 0. The van der Waals surface area contributed by atoms with Crippen LogP contribution in [0.2, 0.25) is 0 Å². The zero-order chi connectivity index (χ0) is 21.7. The van der Waals surface area contributed by atoms with Crippen molar-refractivity contribution in [2.75, 3.05) is 0 Å². The molecule has 1 nitrogen and oxygen atoms in total. The largest absolute Gasteiger partial charge is 0.294 e. The molecule has 3 aromatic rings. The smallest absolute Gasteiger partial charge is 0.194 e. The van der Waals surface area contributed by atoms with Crippen LogP contribution in [-0.4, -0.2) is 5.78 Å². The van der Waals surface area contributed by atoms with Crippen LogP contribution in [0, 0.1) is 17.5 Å². The van der Waals surface area contributed by atoms with E-state index in [0.29, 0.717) is 5.56 Å². The molecule has 156 valence electrons. The second-order valence-corrected chi connectivity index (χ2v) is 8.29. The molecule has 0 bridgehead atoms. The van der Waals surface area contributed by atoms with Gasteiger partial charge in [0.15, 0.2) is 23.2 Å². The molecule has 3 aromatic carbocycles. The van der Waals surface area contributed by atoms with Crippen LogP contribution in [0.4, 0.5) is 13.2 Å². The fraction of sp³-hybridized carbons (Fsp3) is 0.240. The number of hydrogen-bond donors (Lipinski definition) is 0. The van der Waals surface area contributed by atoms with Gasteiger partial charge in [-0.1, -0.05) is 56.3 Å². The topological polar surface area (TPSA) is 17.1 Å². The van der Waals surface area contributed by atoms with E-state index in [-0.39, 0.29) is 17.8 Å². The lowest BCUT2D eigenvalue weighted by molar-refractivity contribution is 0.0975. The average molecular weight is 429 g/mol. The number of carbonyl (C=O) groups excluding carboxylic acids is 1. The minimum Gasteiger partial charge on any atom is -0.294 e. The Morgan fingerprint density at radius 3 is 2.27 bits per heavy atom. The maximum atomic E-state index is 13.5. The Morgan fingerprint density at radius 1 is 0.967 bits per heavy atom. The Morgan fingerprint density at radius 2 is 1.63 bits per heavy atom. The predicted octanol–water partition coefficient (Wildman–Crippen LogP) is 7.34. The number of ketones is 1. The standard InChI is InChI=1S/C25H23F3OS/c1-3-18-9-10-19(14-24(18)30-15-17-7-5-4-6-8-17)23(29)11-16(2)20-12-21(26)25(28)22(27)13-20/h4-10,12-14,16H,3,11,15H2,1-2H3. The molecule has 1 unspecified atom stereocenters. The SMILES string of the molecule is CCc1ccc(C(=O)CC(C)c2cc(F)c(F)c(F)c2)cc1SCc1ccccc1. The van der Waals surface area contributed by atoms with Gasteiger partial charge in [-0.3, -0.25) is 4.79 Å². The first-order valence-corrected chi connectivity index (χ1v) is 10.8. The minimum atomic E-state index is -1.49. The van der Waals surface area contributed by atoms with E-state index in [2.05, 4.69) is 19.1 Å². The normalized spacial score (nSPS) is 12.0. The zero-order valence-corrected chi connectivity index (χ0v) is 17.7. The van der Waals surface area contributed by atoms with Crippen molar-refractivity contribution in [1.29, 1.82) is 0 Å². The summed E-state index contributed by atoms with van der Waals surface area (Å²) < 4.78 is 40.2. The van der Waals surface area contributed by atoms with E-state index in [9.17, 15) is 18.0 Å². The summed E-state index contributed by atoms with van der Waals surface area (Å²) in [6.07, 6.45) is 0.939. The molecule has 0 spiro atoms. The Bertz CT molecular complexity index is 1010. The average Bonchev–Trinajstić information content (AvgIpc) is 2.76. The molecule has 1 atom stereocenters. The van der Waals surface area contributed by atoms with Crippen LogP contribution in [0.15, 0.2) is 65.6 Å². The molecule has 0 radical (unpaired) electrons. The van der Waals surface area contributed by atoms with Gasteiger partial charge in [0.1, 0.15) is 0 Å². The molecular weight excluding hydrogens is 405 g/mol. The van der Waals surface area contributed by atoms with E-state index in [1.807, 2.05) is 30.3 Å². The summed E-state index contributed by atoms with van der Waals surface area (Å²) in [6, 6.07) is 17.7. The summed E-state index contributed by atoms with van der Waals surface area (Å²) in [4.78, 5) is 13.9. The van der Waals surface area contributed by atoms with Gasteiger partial charge in [0, 0.05) is 22.6 Å². The highest BCUT2D eigenvalue weighted by atomic mass is 32.2. The van der Waals surface area contributed by atoms with Crippen LogP contribution in [0.3, 0.4) is 0 Å². The first kappa shape index (κ1) is 22.2. The number of halogens is 3. The summed E-state index contributed by atoms with van der Waals surface area (Å²) in [6.45, 7) is 3.78. The van der Waals surface area contributed by atoms with Gasteiger partial charge < -0.3 is 0 Å². The van der Waals surface area contributed by atoms with Crippen LogP contribution >= 0.6 is 11.8 Å². The van der Waals surface area contributed by atoms with Crippen molar-refractivity contribution in [3.63, 3.8) is 0 Å². The van der Waals surface area contributed by atoms with Gasteiger partial charge in [-0.15, -0.1) is 11.8 Å². The van der Waals surface area contributed by atoms with E-state index in [0.717, 1.165) is 29.2 Å². The van der Waals surface area contributed by atoms with Crippen molar-refractivity contribution in [3.8, 4) is 0 Å². The molecule has 3 rings (SSSR count). The maximum Gasteiger partial charge on any atom is 0.194 e. The van der Waals surface area contributed by atoms with Crippen molar-refractivity contribution in [2.45, 2.75) is 43.3 Å². The number of benzene rings is 3. The zero-order valence-electron chi connectivity index (χ0n) is 16.9. The molecule has 0 amide bonds. The molecule has 0 saturated carbocycles. The number of thioether (sulfide) groups is 1. The summed E-state index contributed by atoms with van der Waals surface area (Å²) >= 11 is 1.68. The van der Waals surface area contributed by atoms with Crippen LogP contribution in [0.25, 0.3) is 0 Å². The second kappa shape index (κ2) is 9.98. The number of aryl methyl sites for hydroxylation is 1. The predicted molar refractivity (Wildman–Crippen MR) is 116 cm³/mol. The summed E-state index contributed by atoms with van der Waals surface area (Å²) in [5.41, 5.74) is 3.21. The third kappa shape index (κ3) is 5.33. The molecule has 0 N–H and O–H groups in total. The minimum absolute atomic E-state index is 0.0821. The number of hydrogen-bond acceptors (Lipinski definition) is 2. The van der Waals surface area contributed by atoms with Crippen molar-refractivity contribution in [2.24, 2.45) is 0 Å². The number of carbonyl (C=O) groups is 1. The second-order valence-electron chi connectivity index (χ2n) is 7.28. The molecule has 5 heteroatoms. The third-order valence-electron chi connectivity index (χ3n) is 5.07. The molecule has 0 aliphatic heterocycles. The van der Waals surface area contributed by atoms with Gasteiger partial charge in [-0.25, -0.2) is 13.2 Å². The van der Waals surface area contributed by atoms with Gasteiger partial charge in [-0.2, -0.15) is 0 Å². The Labute approximate surface area is 179 Å². The fourth-order valence-electron chi connectivity index (χ4n) is 3.26. The van der Waals surface area contributed by atoms with Gasteiger partial charge >= 0.3 is 0 Å². The quantitative estimate of drug-likeness (QED) is 0.212. The van der Waals surface area contributed by atoms with E-state index >= 15 is 0 Å². The van der Waals surface area contributed by atoms with Gasteiger partial charge in [0.25, 0.3) is 0 Å². The van der Waals surface area contributed by atoms with Crippen molar-refractivity contribution < 1.29 is 18.0 Å². The van der Waals surface area contributed by atoms with Crippen LogP contribution < -0.4 is 0 Å². The van der Waals surface area contributed by atoms with E-state index in [1.165, 1.54) is 11.1 Å². The molecule has 0 aliphatic carbocycles. The lowest BCUT2D eigenvalue weighted by Gasteiger charge is -2.14. The molecule has 0 aliphatic rings. The highest BCUT2D eigenvalue weighted by Gasteiger charge is 2.18. The Hall–Kier alpha value is -2.53. The van der Waals surface area contributed by atoms with E-state index in [4.69, 9.17) is 0 Å². The first-order chi connectivity index (χ1) is 14.4. The van der Waals surface area contributed by atoms with Gasteiger partial charge in [-0.05, 0) is 47.2 Å². The lowest BCUT2D eigenvalue weighted by Crippen LogP contribution is -2.07. The van der Waals surface area contributed by atoms with E-state index < -0.39 is 23.4 Å².